The molecule has 3 nitrogen and oxygen atoms in total. The molecule has 1 aliphatic rings. The minimum absolute atomic E-state index is 0.434. The molecule has 0 radical (unpaired) electrons. The number of rotatable bonds is 4. The van der Waals surface area contributed by atoms with Gasteiger partial charge >= 0.3 is 0 Å². The minimum Gasteiger partial charge on any atom is -0.305 e. The largest absolute Gasteiger partial charge is 0.305 e. The van der Waals surface area contributed by atoms with Crippen molar-refractivity contribution >= 4 is 28.6 Å². The summed E-state index contributed by atoms with van der Waals surface area (Å²) in [5.41, 5.74) is 2.60. The first kappa shape index (κ1) is 12.8. The molecule has 0 amide bonds. The molecule has 1 fully saturated rings. The summed E-state index contributed by atoms with van der Waals surface area (Å²) in [6, 6.07) is 5.50. The Morgan fingerprint density at radius 1 is 1.47 bits per heavy atom. The number of halogens is 1. The molecule has 5 heteroatoms. The third-order valence-electron chi connectivity index (χ3n) is 3.28. The number of benzene rings is 1. The summed E-state index contributed by atoms with van der Waals surface area (Å²) in [6.45, 7) is 0. The van der Waals surface area contributed by atoms with Crippen LogP contribution in [0.1, 0.15) is 34.8 Å². The molecule has 98 valence electrons. The first-order valence-corrected chi connectivity index (χ1v) is 7.71. The lowest BCUT2D eigenvalue weighted by molar-refractivity contribution is 0.108. The van der Waals surface area contributed by atoms with Crippen molar-refractivity contribution in [3.05, 3.63) is 42.0 Å². The average Bonchev–Trinajstić information content (AvgIpc) is 3.16. The third-order valence-corrected chi connectivity index (χ3v) is 4.29. The van der Waals surface area contributed by atoms with E-state index in [9.17, 15) is 4.79 Å². The highest BCUT2D eigenvalue weighted by Gasteiger charge is 2.26. The molecule has 1 aromatic carbocycles. The molecule has 1 aliphatic carbocycles. The fourth-order valence-corrected chi connectivity index (χ4v) is 2.77. The maximum atomic E-state index is 11.3. The van der Waals surface area contributed by atoms with Crippen LogP contribution in [0.5, 0.6) is 0 Å². The van der Waals surface area contributed by atoms with Crippen LogP contribution in [0.25, 0.3) is 5.69 Å². The predicted octanol–water partition coefficient (Wildman–Crippen LogP) is 3.85. The number of hydrogen-bond donors (Lipinski definition) is 0. The summed E-state index contributed by atoms with van der Waals surface area (Å²) in [4.78, 5) is 16.8. The van der Waals surface area contributed by atoms with Crippen molar-refractivity contribution < 1.29 is 4.79 Å². The van der Waals surface area contributed by atoms with Crippen LogP contribution < -0.4 is 0 Å². The van der Waals surface area contributed by atoms with E-state index in [0.29, 0.717) is 11.5 Å². The van der Waals surface area contributed by atoms with Crippen molar-refractivity contribution in [2.75, 3.05) is 6.26 Å². The van der Waals surface area contributed by atoms with Gasteiger partial charge in [-0.3, -0.25) is 4.79 Å². The molecule has 19 heavy (non-hydrogen) atoms. The average molecular weight is 293 g/mol. The lowest BCUT2D eigenvalue weighted by atomic mass is 10.2. The van der Waals surface area contributed by atoms with Crippen molar-refractivity contribution in [2.45, 2.75) is 23.7 Å². The summed E-state index contributed by atoms with van der Waals surface area (Å²) in [6.07, 6.45) is 8.33. The highest BCUT2D eigenvalue weighted by Crippen LogP contribution is 2.39. The van der Waals surface area contributed by atoms with Crippen LogP contribution in [0, 0.1) is 0 Å². The van der Waals surface area contributed by atoms with Gasteiger partial charge in [0.25, 0.3) is 5.24 Å². The summed E-state index contributed by atoms with van der Waals surface area (Å²) in [7, 11) is 0. The van der Waals surface area contributed by atoms with Gasteiger partial charge in [0.1, 0.15) is 0 Å². The number of imidazole rings is 1. The Morgan fingerprint density at radius 2 is 2.26 bits per heavy atom. The van der Waals surface area contributed by atoms with E-state index in [0.717, 1.165) is 16.3 Å². The number of aromatic nitrogens is 2. The van der Waals surface area contributed by atoms with Gasteiger partial charge in [-0.2, -0.15) is 0 Å². The highest BCUT2D eigenvalue weighted by molar-refractivity contribution is 7.98. The van der Waals surface area contributed by atoms with E-state index in [1.165, 1.54) is 12.8 Å². The summed E-state index contributed by atoms with van der Waals surface area (Å²) in [5, 5.41) is -0.434. The molecule has 0 aliphatic heterocycles. The Bertz CT molecular complexity index is 634. The van der Waals surface area contributed by atoms with Gasteiger partial charge in [0.05, 0.1) is 17.7 Å². The van der Waals surface area contributed by atoms with Gasteiger partial charge in [0, 0.05) is 22.6 Å². The lowest BCUT2D eigenvalue weighted by Gasteiger charge is -2.09. The Balaban J connectivity index is 2.04. The Morgan fingerprint density at radius 3 is 2.89 bits per heavy atom. The molecule has 0 N–H and O–H groups in total. The molecule has 0 bridgehead atoms. The van der Waals surface area contributed by atoms with E-state index >= 15 is 0 Å². The van der Waals surface area contributed by atoms with Gasteiger partial charge in [-0.15, -0.1) is 11.8 Å². The van der Waals surface area contributed by atoms with Crippen LogP contribution in [0.15, 0.2) is 35.6 Å². The highest BCUT2D eigenvalue weighted by atomic mass is 35.5. The van der Waals surface area contributed by atoms with E-state index in [-0.39, 0.29) is 0 Å². The van der Waals surface area contributed by atoms with E-state index in [4.69, 9.17) is 11.6 Å². The molecular weight excluding hydrogens is 280 g/mol. The molecule has 0 saturated heterocycles. The molecule has 0 atom stereocenters. The molecule has 0 unspecified atom stereocenters. The Labute approximate surface area is 121 Å². The fourth-order valence-electron chi connectivity index (χ4n) is 2.07. The number of carbonyl (C=O) groups excluding carboxylic acids is 1. The summed E-state index contributed by atoms with van der Waals surface area (Å²) < 4.78 is 1.98. The van der Waals surface area contributed by atoms with Crippen molar-refractivity contribution in [3.8, 4) is 5.69 Å². The lowest BCUT2D eigenvalue weighted by Crippen LogP contribution is -1.97. The molecule has 1 aromatic heterocycles. The number of hydrogen-bond acceptors (Lipinski definition) is 3. The van der Waals surface area contributed by atoms with Gasteiger partial charge in [-0.25, -0.2) is 4.98 Å². The van der Waals surface area contributed by atoms with Gasteiger partial charge in [-0.1, -0.05) is 0 Å². The van der Waals surface area contributed by atoms with Crippen LogP contribution in [0.4, 0.5) is 0 Å². The second-order valence-electron chi connectivity index (χ2n) is 4.64. The van der Waals surface area contributed by atoms with Gasteiger partial charge < -0.3 is 4.57 Å². The van der Waals surface area contributed by atoms with Crippen molar-refractivity contribution in [3.63, 3.8) is 0 Å². The molecule has 3 rings (SSSR count). The standard InChI is InChI=1S/C14H13ClN2OS/c1-19-13-5-4-10(14(15)18)6-12(13)17-7-11(16-8-17)9-2-3-9/h4-9H,2-3H2,1H3. The molecular formula is C14H13ClN2OS. The summed E-state index contributed by atoms with van der Waals surface area (Å²) in [5.74, 6) is 0.622. The van der Waals surface area contributed by atoms with E-state index < -0.39 is 5.24 Å². The second-order valence-corrected chi connectivity index (χ2v) is 5.83. The zero-order chi connectivity index (χ0) is 13.4. The van der Waals surface area contributed by atoms with E-state index in [1.54, 1.807) is 17.8 Å². The quantitative estimate of drug-likeness (QED) is 0.634. The Hall–Kier alpha value is -1.26. The topological polar surface area (TPSA) is 34.9 Å². The van der Waals surface area contributed by atoms with Crippen molar-refractivity contribution in [2.24, 2.45) is 0 Å². The summed E-state index contributed by atoms with van der Waals surface area (Å²) >= 11 is 7.19. The smallest absolute Gasteiger partial charge is 0.252 e. The van der Waals surface area contributed by atoms with E-state index in [1.807, 2.05) is 29.3 Å². The monoisotopic (exact) mass is 292 g/mol. The van der Waals surface area contributed by atoms with Crippen LogP contribution in [-0.2, 0) is 0 Å². The number of thioether (sulfide) groups is 1. The maximum Gasteiger partial charge on any atom is 0.252 e. The minimum atomic E-state index is -0.434. The van der Waals surface area contributed by atoms with Gasteiger partial charge in [0.15, 0.2) is 0 Å². The molecule has 1 heterocycles. The maximum absolute atomic E-state index is 11.3. The SMILES string of the molecule is CSc1ccc(C(=O)Cl)cc1-n1cnc(C2CC2)c1. The van der Waals surface area contributed by atoms with E-state index in [2.05, 4.69) is 11.2 Å². The Kier molecular flexibility index (Phi) is 3.37. The van der Waals surface area contributed by atoms with Crippen molar-refractivity contribution in [1.82, 2.24) is 9.55 Å². The predicted molar refractivity (Wildman–Crippen MR) is 77.5 cm³/mol. The van der Waals surface area contributed by atoms with Crippen LogP contribution >= 0.6 is 23.4 Å². The second kappa shape index (κ2) is 5.02. The number of carbonyl (C=O) groups is 1. The van der Waals surface area contributed by atoms with Gasteiger partial charge in [0.2, 0.25) is 0 Å². The zero-order valence-corrected chi connectivity index (χ0v) is 12.0. The fraction of sp³-hybridized carbons (Fsp3) is 0.286. The normalized spacial score (nSPS) is 14.6. The third kappa shape index (κ3) is 2.55. The molecule has 2 aromatic rings. The first-order chi connectivity index (χ1) is 9.19. The molecule has 1 saturated carbocycles. The first-order valence-electron chi connectivity index (χ1n) is 6.11. The zero-order valence-electron chi connectivity index (χ0n) is 10.5. The van der Waals surface area contributed by atoms with Crippen LogP contribution in [-0.4, -0.2) is 21.0 Å². The molecule has 0 spiro atoms. The van der Waals surface area contributed by atoms with Crippen LogP contribution in [0.3, 0.4) is 0 Å². The van der Waals surface area contributed by atoms with Gasteiger partial charge in [-0.05, 0) is 48.9 Å². The van der Waals surface area contributed by atoms with Crippen LogP contribution in [0.2, 0.25) is 0 Å². The van der Waals surface area contributed by atoms with Crippen molar-refractivity contribution in [1.29, 1.82) is 0 Å². The number of nitrogens with zero attached hydrogens (tertiary/aromatic N) is 2.